The number of carbonyl (C=O) groups excluding carboxylic acids is 1. The first-order valence-corrected chi connectivity index (χ1v) is 33.3. The van der Waals surface area contributed by atoms with Crippen molar-refractivity contribution in [3.63, 3.8) is 0 Å². The molecule has 0 spiro atoms. The molecular weight excluding hydrogens is 1050 g/mol. The molecule has 2 fully saturated rings. The number of amides is 1. The predicted octanol–water partition coefficient (Wildman–Crippen LogP) is 12.8. The van der Waals surface area contributed by atoms with Crippen LogP contribution in [0.4, 0.5) is 0 Å². The molecule has 2 rings (SSSR count). The van der Waals surface area contributed by atoms with Crippen LogP contribution in [0.5, 0.6) is 0 Å². The van der Waals surface area contributed by atoms with Gasteiger partial charge in [-0.1, -0.05) is 247 Å². The van der Waals surface area contributed by atoms with E-state index in [0.29, 0.717) is 12.8 Å². The number of unbranched alkanes of at least 4 members (excludes halogenated alkanes) is 28. The van der Waals surface area contributed by atoms with Gasteiger partial charge in [0.2, 0.25) is 5.91 Å². The third kappa shape index (κ3) is 38.1. The first-order valence-electron chi connectivity index (χ1n) is 33.3. The van der Waals surface area contributed by atoms with Crippen LogP contribution in [-0.2, 0) is 23.7 Å². The normalized spacial score (nSPS) is 24.4. The van der Waals surface area contributed by atoms with Gasteiger partial charge in [0.1, 0.15) is 48.8 Å². The molecule has 0 radical (unpaired) electrons. The molecule has 0 aromatic rings. The third-order valence-electron chi connectivity index (χ3n) is 15.8. The van der Waals surface area contributed by atoms with Crippen LogP contribution in [0.15, 0.2) is 85.1 Å². The molecule has 12 atom stereocenters. The van der Waals surface area contributed by atoms with Crippen LogP contribution in [0.1, 0.15) is 251 Å². The Morgan fingerprint density at radius 1 is 0.446 bits per heavy atom. The minimum Gasteiger partial charge on any atom is -0.394 e. The van der Waals surface area contributed by atoms with Gasteiger partial charge in [-0.3, -0.25) is 4.79 Å². The van der Waals surface area contributed by atoms with Crippen molar-refractivity contribution in [1.82, 2.24) is 5.32 Å². The summed E-state index contributed by atoms with van der Waals surface area (Å²) in [6, 6.07) is -0.942. The van der Waals surface area contributed by atoms with Crippen molar-refractivity contribution in [2.24, 2.45) is 0 Å². The lowest BCUT2D eigenvalue weighted by atomic mass is 9.97. The van der Waals surface area contributed by atoms with Gasteiger partial charge >= 0.3 is 0 Å². The maximum Gasteiger partial charge on any atom is 0.220 e. The van der Waals surface area contributed by atoms with E-state index in [9.17, 15) is 45.6 Å². The molecule has 14 heteroatoms. The number of carbonyl (C=O) groups is 1. The van der Waals surface area contributed by atoms with E-state index in [1.165, 1.54) is 148 Å². The Morgan fingerprint density at radius 2 is 0.843 bits per heavy atom. The van der Waals surface area contributed by atoms with Gasteiger partial charge in [0, 0.05) is 6.42 Å². The standard InChI is InChI=1S/C69H121NO13/c1-3-5-7-9-11-13-15-17-19-21-23-25-26-27-28-29-30-31-32-33-35-37-39-41-43-45-47-49-51-53-61(74)70-57(58(73)52-50-48-46-44-42-40-38-36-34-24-22-20-18-16-14-12-10-8-6-4-2)56-80-68-66(79)64(77)67(60(55-72)82-68)83-69-65(78)63(76)62(75)59(54-71)81-69/h5,7,11,13,17,19,23,25,34,36,42,44,50,52,57-60,62-69,71-73,75-79H,3-4,6,8-10,12,14-16,18,20-22,24,26-33,35,37-41,43,45-49,51,53-56H2,1-2H3,(H,70,74)/b7-5-,13-11-,19-17-,25-23-,36-34+,44-42+,52-50+. The van der Waals surface area contributed by atoms with Crippen LogP contribution in [0.3, 0.4) is 0 Å². The van der Waals surface area contributed by atoms with Crippen molar-refractivity contribution < 1.29 is 64.6 Å². The molecule has 2 saturated heterocycles. The van der Waals surface area contributed by atoms with Gasteiger partial charge in [-0.05, 0) is 83.5 Å². The Labute approximate surface area is 503 Å². The van der Waals surface area contributed by atoms with Crippen molar-refractivity contribution in [2.75, 3.05) is 19.8 Å². The largest absolute Gasteiger partial charge is 0.394 e. The van der Waals surface area contributed by atoms with Gasteiger partial charge < -0.3 is 65.1 Å². The molecule has 0 saturated carbocycles. The zero-order valence-electron chi connectivity index (χ0n) is 51.9. The summed E-state index contributed by atoms with van der Waals surface area (Å²) in [5, 5.41) is 87.3. The van der Waals surface area contributed by atoms with E-state index in [1.54, 1.807) is 6.08 Å². The van der Waals surface area contributed by atoms with E-state index in [-0.39, 0.29) is 18.9 Å². The van der Waals surface area contributed by atoms with Crippen molar-refractivity contribution in [3.8, 4) is 0 Å². The van der Waals surface area contributed by atoms with Gasteiger partial charge in [0.05, 0.1) is 32.0 Å². The number of hydrogen-bond donors (Lipinski definition) is 9. The summed E-state index contributed by atoms with van der Waals surface area (Å²) in [6.07, 6.45) is 56.3. The third-order valence-corrected chi connectivity index (χ3v) is 15.8. The van der Waals surface area contributed by atoms with Crippen LogP contribution in [0, 0.1) is 0 Å². The van der Waals surface area contributed by atoms with Crippen LogP contribution < -0.4 is 5.32 Å². The zero-order chi connectivity index (χ0) is 60.2. The SMILES string of the molecule is CC/C=C\C/C=C\C/C=C\C/C=C\CCCCCCCCCCCCCCCCCCC(=O)NC(COC1OC(CO)C(OC2OC(CO)C(O)C(O)C2O)C(O)C1O)C(O)/C=C/CC/C=C/CC/C=C/CCCCCCCCCCCC. The van der Waals surface area contributed by atoms with E-state index in [4.69, 9.17) is 18.9 Å². The summed E-state index contributed by atoms with van der Waals surface area (Å²) in [7, 11) is 0. The van der Waals surface area contributed by atoms with Gasteiger partial charge in [-0.15, -0.1) is 0 Å². The van der Waals surface area contributed by atoms with E-state index >= 15 is 0 Å². The fourth-order valence-electron chi connectivity index (χ4n) is 10.5. The topological polar surface area (TPSA) is 228 Å². The fraction of sp³-hybridized carbons (Fsp3) is 0.783. The Bertz CT molecular complexity index is 1710. The minimum atomic E-state index is -1.80. The number of hydrogen-bond acceptors (Lipinski definition) is 13. The lowest BCUT2D eigenvalue weighted by molar-refractivity contribution is -0.359. The first-order chi connectivity index (χ1) is 40.6. The highest BCUT2D eigenvalue weighted by atomic mass is 16.7. The second-order valence-corrected chi connectivity index (χ2v) is 23.2. The minimum absolute atomic E-state index is 0.254. The molecule has 14 nitrogen and oxygen atoms in total. The molecule has 9 N–H and O–H groups in total. The molecule has 2 heterocycles. The quantitative estimate of drug-likeness (QED) is 0.0204. The number of aliphatic hydroxyl groups excluding tert-OH is 8. The molecule has 0 aliphatic carbocycles. The van der Waals surface area contributed by atoms with Gasteiger partial charge in [0.25, 0.3) is 0 Å². The Balaban J connectivity index is 1.71. The Morgan fingerprint density at radius 3 is 1.33 bits per heavy atom. The highest BCUT2D eigenvalue weighted by molar-refractivity contribution is 5.76. The molecule has 0 aromatic carbocycles. The number of ether oxygens (including phenoxy) is 4. The summed E-state index contributed by atoms with van der Waals surface area (Å²) in [4.78, 5) is 13.3. The molecule has 0 bridgehead atoms. The van der Waals surface area contributed by atoms with Crippen LogP contribution in [-0.4, -0.2) is 140 Å². The van der Waals surface area contributed by atoms with Gasteiger partial charge in [-0.2, -0.15) is 0 Å². The number of allylic oxidation sites excluding steroid dienone is 13. The maximum atomic E-state index is 13.3. The summed E-state index contributed by atoms with van der Waals surface area (Å²) < 4.78 is 22.8. The Hall–Kier alpha value is -2.83. The van der Waals surface area contributed by atoms with Crippen LogP contribution in [0.2, 0.25) is 0 Å². The highest BCUT2D eigenvalue weighted by Gasteiger charge is 2.51. The second-order valence-electron chi connectivity index (χ2n) is 23.2. The summed E-state index contributed by atoms with van der Waals surface area (Å²) in [5.74, 6) is -0.254. The smallest absolute Gasteiger partial charge is 0.220 e. The Kier molecular flexibility index (Phi) is 49.1. The monoisotopic (exact) mass is 1170 g/mol. The molecule has 480 valence electrons. The average molecular weight is 1170 g/mol. The van der Waals surface area contributed by atoms with Crippen molar-refractivity contribution in [1.29, 1.82) is 0 Å². The lowest BCUT2D eigenvalue weighted by Gasteiger charge is -2.46. The zero-order valence-corrected chi connectivity index (χ0v) is 51.9. The van der Waals surface area contributed by atoms with Crippen molar-refractivity contribution >= 4 is 5.91 Å². The summed E-state index contributed by atoms with van der Waals surface area (Å²) in [6.45, 7) is 2.67. The molecule has 0 aromatic heterocycles. The van der Waals surface area contributed by atoms with Crippen molar-refractivity contribution in [3.05, 3.63) is 85.1 Å². The summed E-state index contributed by atoms with van der Waals surface area (Å²) >= 11 is 0. The number of rotatable bonds is 53. The molecule has 2 aliphatic rings. The number of nitrogens with one attached hydrogen (secondary N) is 1. The number of aliphatic hydroxyl groups is 8. The van der Waals surface area contributed by atoms with Crippen LogP contribution >= 0.6 is 0 Å². The predicted molar refractivity (Wildman–Crippen MR) is 336 cm³/mol. The average Bonchev–Trinajstić information content (AvgIpc) is 3.65. The molecule has 83 heavy (non-hydrogen) atoms. The van der Waals surface area contributed by atoms with Crippen molar-refractivity contribution in [2.45, 2.75) is 325 Å². The van der Waals surface area contributed by atoms with E-state index < -0.39 is 86.8 Å². The van der Waals surface area contributed by atoms with Crippen LogP contribution in [0.25, 0.3) is 0 Å². The highest BCUT2D eigenvalue weighted by Crippen LogP contribution is 2.30. The second kappa shape index (κ2) is 53.4. The van der Waals surface area contributed by atoms with Gasteiger partial charge in [-0.25, -0.2) is 0 Å². The molecule has 2 aliphatic heterocycles. The molecule has 12 unspecified atom stereocenters. The summed E-state index contributed by atoms with van der Waals surface area (Å²) in [5.41, 5.74) is 0. The van der Waals surface area contributed by atoms with E-state index in [1.807, 2.05) is 6.08 Å². The lowest BCUT2D eigenvalue weighted by Crippen LogP contribution is -2.65. The molecular formula is C69H121NO13. The maximum absolute atomic E-state index is 13.3. The van der Waals surface area contributed by atoms with E-state index in [0.717, 1.165) is 70.6 Å². The van der Waals surface area contributed by atoms with Gasteiger partial charge in [0.15, 0.2) is 12.6 Å². The first kappa shape index (κ1) is 76.3. The fourth-order valence-corrected chi connectivity index (χ4v) is 10.5. The van der Waals surface area contributed by atoms with E-state index in [2.05, 4.69) is 92.1 Å². The molecule has 1 amide bonds.